The number of ether oxygens (including phenoxy) is 1. The summed E-state index contributed by atoms with van der Waals surface area (Å²) in [5, 5.41) is 0.0715. The van der Waals surface area contributed by atoms with Gasteiger partial charge in [0.05, 0.1) is 5.03 Å². The number of carbonyl (C=O) groups excluding carboxylic acids is 1. The maximum atomic E-state index is 12.6. The molecule has 0 N–H and O–H groups in total. The molecule has 16 heavy (non-hydrogen) atoms. The molecular weight excluding hydrogens is 274 g/mol. The summed E-state index contributed by atoms with van der Waals surface area (Å²) in [7, 11) is 0. The van der Waals surface area contributed by atoms with E-state index in [1.54, 1.807) is 12.1 Å². The van der Waals surface area contributed by atoms with Gasteiger partial charge in [0.2, 0.25) is 0 Å². The van der Waals surface area contributed by atoms with E-state index in [4.69, 9.17) is 27.9 Å². The number of esters is 1. The SMILES string of the molecule is O=C1OC(Sc2ccc(F)cc2)C(Cl)=C1Cl. The third kappa shape index (κ3) is 2.34. The van der Waals surface area contributed by atoms with Crippen molar-refractivity contribution in [1.82, 2.24) is 0 Å². The molecule has 0 saturated heterocycles. The average molecular weight is 279 g/mol. The van der Waals surface area contributed by atoms with E-state index in [-0.39, 0.29) is 15.9 Å². The third-order valence-corrected chi connectivity index (χ3v) is 3.93. The van der Waals surface area contributed by atoms with E-state index in [0.29, 0.717) is 0 Å². The largest absolute Gasteiger partial charge is 0.441 e. The molecule has 1 atom stereocenters. The quantitative estimate of drug-likeness (QED) is 0.775. The van der Waals surface area contributed by atoms with Crippen molar-refractivity contribution >= 4 is 40.9 Å². The Morgan fingerprint density at radius 3 is 2.38 bits per heavy atom. The second-order valence-corrected chi connectivity index (χ2v) is 4.89. The lowest BCUT2D eigenvalue weighted by molar-refractivity contribution is -0.136. The minimum Gasteiger partial charge on any atom is -0.441 e. The van der Waals surface area contributed by atoms with Crippen molar-refractivity contribution in [3.8, 4) is 0 Å². The van der Waals surface area contributed by atoms with Crippen molar-refractivity contribution in [2.24, 2.45) is 0 Å². The molecule has 0 aliphatic carbocycles. The van der Waals surface area contributed by atoms with Crippen LogP contribution in [0.25, 0.3) is 0 Å². The molecule has 0 saturated carbocycles. The van der Waals surface area contributed by atoms with Gasteiger partial charge in [-0.25, -0.2) is 9.18 Å². The predicted molar refractivity (Wildman–Crippen MR) is 60.9 cm³/mol. The maximum absolute atomic E-state index is 12.6. The maximum Gasteiger partial charge on any atom is 0.352 e. The number of hydrogen-bond acceptors (Lipinski definition) is 3. The Kier molecular flexibility index (Phi) is 3.42. The number of hydrogen-bond donors (Lipinski definition) is 0. The molecule has 0 fully saturated rings. The zero-order valence-electron chi connectivity index (χ0n) is 7.75. The molecule has 2 rings (SSSR count). The van der Waals surface area contributed by atoms with Gasteiger partial charge in [0.25, 0.3) is 0 Å². The van der Waals surface area contributed by atoms with Gasteiger partial charge in [-0.2, -0.15) is 0 Å². The Balaban J connectivity index is 2.12. The van der Waals surface area contributed by atoms with E-state index < -0.39 is 11.4 Å². The van der Waals surface area contributed by atoms with Gasteiger partial charge in [-0.1, -0.05) is 35.0 Å². The summed E-state index contributed by atoms with van der Waals surface area (Å²) in [6, 6.07) is 5.78. The minimum atomic E-state index is -0.646. The second kappa shape index (κ2) is 4.65. The Morgan fingerprint density at radius 1 is 1.25 bits per heavy atom. The topological polar surface area (TPSA) is 26.3 Å². The monoisotopic (exact) mass is 278 g/mol. The summed E-state index contributed by atoms with van der Waals surface area (Å²) >= 11 is 12.6. The molecule has 84 valence electrons. The fourth-order valence-electron chi connectivity index (χ4n) is 1.11. The lowest BCUT2D eigenvalue weighted by atomic mass is 10.4. The highest BCUT2D eigenvalue weighted by Gasteiger charge is 2.32. The molecule has 0 spiro atoms. The summed E-state index contributed by atoms with van der Waals surface area (Å²) in [6.45, 7) is 0. The molecule has 6 heteroatoms. The first-order chi connectivity index (χ1) is 7.58. The van der Waals surface area contributed by atoms with E-state index in [1.807, 2.05) is 0 Å². The molecule has 0 bridgehead atoms. The van der Waals surface area contributed by atoms with Crippen LogP contribution in [-0.2, 0) is 9.53 Å². The van der Waals surface area contributed by atoms with Crippen LogP contribution in [0.2, 0.25) is 0 Å². The van der Waals surface area contributed by atoms with Gasteiger partial charge in [0, 0.05) is 4.90 Å². The van der Waals surface area contributed by atoms with Gasteiger partial charge < -0.3 is 4.74 Å². The lowest BCUT2D eigenvalue weighted by Crippen LogP contribution is -2.04. The molecule has 1 aliphatic rings. The van der Waals surface area contributed by atoms with Gasteiger partial charge in [-0.05, 0) is 24.3 Å². The Morgan fingerprint density at radius 2 is 1.88 bits per heavy atom. The lowest BCUT2D eigenvalue weighted by Gasteiger charge is -2.09. The van der Waals surface area contributed by atoms with Crippen molar-refractivity contribution < 1.29 is 13.9 Å². The minimum absolute atomic E-state index is 0.0960. The van der Waals surface area contributed by atoms with Crippen LogP contribution >= 0.6 is 35.0 Å². The first kappa shape index (κ1) is 11.8. The van der Waals surface area contributed by atoms with Crippen LogP contribution in [0, 0.1) is 5.82 Å². The second-order valence-electron chi connectivity index (χ2n) is 2.97. The molecule has 1 aliphatic heterocycles. The Hall–Kier alpha value is -0.710. The van der Waals surface area contributed by atoms with Gasteiger partial charge in [-0.3, -0.25) is 0 Å². The summed E-state index contributed by atoms with van der Waals surface area (Å²) in [5.74, 6) is -0.960. The number of thioether (sulfide) groups is 1. The zero-order valence-corrected chi connectivity index (χ0v) is 10.1. The molecular formula is C10H5Cl2FO2S. The van der Waals surface area contributed by atoms with Crippen molar-refractivity contribution in [3.63, 3.8) is 0 Å². The van der Waals surface area contributed by atoms with Crippen molar-refractivity contribution in [3.05, 3.63) is 40.1 Å². The number of carbonyl (C=O) groups is 1. The molecule has 0 radical (unpaired) electrons. The Bertz CT molecular complexity index is 458. The van der Waals surface area contributed by atoms with Crippen LogP contribution in [0.3, 0.4) is 0 Å². The summed E-state index contributed by atoms with van der Waals surface area (Å²) in [4.78, 5) is 11.8. The van der Waals surface area contributed by atoms with E-state index in [2.05, 4.69) is 0 Å². The smallest absolute Gasteiger partial charge is 0.352 e. The van der Waals surface area contributed by atoms with E-state index in [1.165, 1.54) is 23.9 Å². The first-order valence-corrected chi connectivity index (χ1v) is 5.90. The number of benzene rings is 1. The summed E-state index contributed by atoms with van der Waals surface area (Å²) in [6.07, 6.45) is 0. The standard InChI is InChI=1S/C10H5Cl2FO2S/c11-7-8(12)10(15-9(7)14)16-6-3-1-5(13)2-4-6/h1-4,10H. The van der Waals surface area contributed by atoms with Gasteiger partial charge >= 0.3 is 5.97 Å². The Labute approximate surface area is 105 Å². The molecule has 1 aromatic carbocycles. The van der Waals surface area contributed by atoms with E-state index >= 15 is 0 Å². The predicted octanol–water partition coefficient (Wildman–Crippen LogP) is 3.49. The molecule has 0 aromatic heterocycles. The van der Waals surface area contributed by atoms with E-state index in [9.17, 15) is 9.18 Å². The van der Waals surface area contributed by atoms with Gasteiger partial charge in [0.15, 0.2) is 5.44 Å². The van der Waals surface area contributed by atoms with Crippen LogP contribution in [0.5, 0.6) is 0 Å². The van der Waals surface area contributed by atoms with Crippen LogP contribution < -0.4 is 0 Å². The molecule has 1 unspecified atom stereocenters. The molecule has 2 nitrogen and oxygen atoms in total. The van der Waals surface area contributed by atoms with Crippen molar-refractivity contribution in [1.29, 1.82) is 0 Å². The number of halogens is 3. The third-order valence-electron chi connectivity index (χ3n) is 1.87. The highest BCUT2D eigenvalue weighted by molar-refractivity contribution is 8.00. The van der Waals surface area contributed by atoms with Gasteiger partial charge in [-0.15, -0.1) is 0 Å². The zero-order chi connectivity index (χ0) is 11.7. The highest BCUT2D eigenvalue weighted by Crippen LogP contribution is 2.38. The van der Waals surface area contributed by atoms with Crippen molar-refractivity contribution in [2.75, 3.05) is 0 Å². The fraction of sp³-hybridized carbons (Fsp3) is 0.100. The first-order valence-electron chi connectivity index (χ1n) is 4.26. The molecule has 1 heterocycles. The average Bonchev–Trinajstić information content (AvgIpc) is 2.50. The van der Waals surface area contributed by atoms with Crippen LogP contribution in [-0.4, -0.2) is 11.4 Å². The normalized spacial score (nSPS) is 20.2. The summed E-state index contributed by atoms with van der Waals surface area (Å²) < 4.78 is 17.6. The van der Waals surface area contributed by atoms with Crippen molar-refractivity contribution in [2.45, 2.75) is 10.3 Å². The number of rotatable bonds is 2. The highest BCUT2D eigenvalue weighted by atomic mass is 35.5. The van der Waals surface area contributed by atoms with Crippen LogP contribution in [0.1, 0.15) is 0 Å². The molecule has 1 aromatic rings. The molecule has 0 amide bonds. The summed E-state index contributed by atoms with van der Waals surface area (Å²) in [5.41, 5.74) is -0.646. The van der Waals surface area contributed by atoms with Gasteiger partial charge in [0.1, 0.15) is 10.8 Å². The number of cyclic esters (lactones) is 1. The van der Waals surface area contributed by atoms with Crippen LogP contribution in [0.15, 0.2) is 39.2 Å². The van der Waals surface area contributed by atoms with Crippen LogP contribution in [0.4, 0.5) is 4.39 Å². The fourth-order valence-corrected chi connectivity index (χ4v) is 2.48. The van der Waals surface area contributed by atoms with E-state index in [0.717, 1.165) is 4.90 Å².